The lowest BCUT2D eigenvalue weighted by atomic mass is 9.49. The molecule has 3 nitrogen and oxygen atoms in total. The summed E-state index contributed by atoms with van der Waals surface area (Å²) >= 11 is 0. The molecule has 0 heterocycles. The molecule has 4 rings (SSSR count). The Morgan fingerprint density at radius 2 is 1.75 bits per heavy atom. The fraction of sp³-hybridized carbons (Fsp3) is 0.810. The maximum Gasteiger partial charge on any atom is 0.0961 e. The van der Waals surface area contributed by atoms with Crippen LogP contribution in [0, 0.1) is 22.7 Å². The molecule has 4 aliphatic rings. The summed E-state index contributed by atoms with van der Waals surface area (Å²) < 4.78 is 0. The van der Waals surface area contributed by atoms with E-state index in [1.807, 2.05) is 0 Å². The average molecular weight is 332 g/mol. The van der Waals surface area contributed by atoms with Crippen molar-refractivity contribution >= 4 is 0 Å². The van der Waals surface area contributed by atoms with Gasteiger partial charge in [0.2, 0.25) is 0 Å². The zero-order chi connectivity index (χ0) is 17.3. The molecule has 0 aromatic rings. The van der Waals surface area contributed by atoms with Gasteiger partial charge in [-0.2, -0.15) is 0 Å². The molecule has 3 heteroatoms. The fourth-order valence-corrected chi connectivity index (χ4v) is 6.72. The highest BCUT2D eigenvalue weighted by Crippen LogP contribution is 2.66. The highest BCUT2D eigenvalue weighted by molar-refractivity contribution is 5.39. The van der Waals surface area contributed by atoms with Gasteiger partial charge in [0.15, 0.2) is 0 Å². The van der Waals surface area contributed by atoms with E-state index < -0.39 is 11.7 Å². The molecule has 4 aliphatic carbocycles. The van der Waals surface area contributed by atoms with Gasteiger partial charge < -0.3 is 15.3 Å². The zero-order valence-corrected chi connectivity index (χ0v) is 15.3. The lowest BCUT2D eigenvalue weighted by molar-refractivity contribution is -0.148. The normalized spacial score (nSPS) is 51.8. The van der Waals surface area contributed by atoms with Crippen LogP contribution in [0.1, 0.15) is 65.7 Å². The first-order chi connectivity index (χ1) is 11.2. The first kappa shape index (κ1) is 16.8. The summed E-state index contributed by atoms with van der Waals surface area (Å²) in [5.41, 5.74) is 1.91. The highest BCUT2D eigenvalue weighted by Gasteiger charge is 2.63. The van der Waals surface area contributed by atoms with E-state index in [4.69, 9.17) is 0 Å². The number of allylic oxidation sites excluding steroid dienone is 3. The SMILES string of the molecule is C[C@@H](O)[C@@]1(O)CC[C@H]2C3=CC=C4C[C@@H](O)CC[C@]4(C)[C@H]3CC[C@@]21C. The molecule has 3 N–H and O–H groups in total. The topological polar surface area (TPSA) is 60.7 Å². The fourth-order valence-electron chi connectivity index (χ4n) is 6.72. The minimum atomic E-state index is -0.961. The number of fused-ring (bicyclic) bond motifs is 5. The van der Waals surface area contributed by atoms with E-state index in [0.29, 0.717) is 18.3 Å². The average Bonchev–Trinajstić information content (AvgIpc) is 2.81. The first-order valence-electron chi connectivity index (χ1n) is 9.72. The number of rotatable bonds is 1. The van der Waals surface area contributed by atoms with Gasteiger partial charge in [0.05, 0.1) is 17.8 Å². The monoisotopic (exact) mass is 332 g/mol. The Morgan fingerprint density at radius 1 is 1.04 bits per heavy atom. The third-order valence-electron chi connectivity index (χ3n) is 8.45. The molecule has 3 fully saturated rings. The predicted octanol–water partition coefficient (Wildman–Crippen LogP) is 3.34. The van der Waals surface area contributed by atoms with E-state index in [0.717, 1.165) is 38.5 Å². The Bertz CT molecular complexity index is 606. The molecule has 3 saturated carbocycles. The second kappa shape index (κ2) is 5.18. The molecule has 0 amide bonds. The molecule has 0 radical (unpaired) electrons. The zero-order valence-electron chi connectivity index (χ0n) is 15.3. The van der Waals surface area contributed by atoms with Gasteiger partial charge in [-0.3, -0.25) is 0 Å². The molecule has 0 unspecified atom stereocenters. The van der Waals surface area contributed by atoms with E-state index in [2.05, 4.69) is 26.0 Å². The van der Waals surface area contributed by atoms with Gasteiger partial charge in [-0.25, -0.2) is 0 Å². The van der Waals surface area contributed by atoms with E-state index in [-0.39, 0.29) is 16.9 Å². The van der Waals surface area contributed by atoms with Crippen molar-refractivity contribution in [2.75, 3.05) is 0 Å². The van der Waals surface area contributed by atoms with Crippen molar-refractivity contribution in [2.45, 2.75) is 83.5 Å². The van der Waals surface area contributed by atoms with Gasteiger partial charge in [0.1, 0.15) is 0 Å². The minimum Gasteiger partial charge on any atom is -0.393 e. The van der Waals surface area contributed by atoms with Gasteiger partial charge in [-0.15, -0.1) is 0 Å². The van der Waals surface area contributed by atoms with Crippen LogP contribution in [-0.4, -0.2) is 33.1 Å². The molecule has 7 atom stereocenters. The first-order valence-corrected chi connectivity index (χ1v) is 9.72. The molecule has 0 bridgehead atoms. The molecule has 0 spiro atoms. The van der Waals surface area contributed by atoms with Crippen molar-refractivity contribution in [1.82, 2.24) is 0 Å². The summed E-state index contributed by atoms with van der Waals surface area (Å²) in [7, 11) is 0. The second-order valence-corrected chi connectivity index (χ2v) is 9.37. The van der Waals surface area contributed by atoms with E-state index in [9.17, 15) is 15.3 Å². The Balaban J connectivity index is 1.74. The lowest BCUT2D eigenvalue weighted by Gasteiger charge is -2.56. The van der Waals surface area contributed by atoms with Crippen LogP contribution in [0.25, 0.3) is 0 Å². The summed E-state index contributed by atoms with van der Waals surface area (Å²) in [5, 5.41) is 31.5. The molecule has 134 valence electrons. The van der Waals surface area contributed by atoms with Gasteiger partial charge in [-0.1, -0.05) is 37.1 Å². The van der Waals surface area contributed by atoms with E-state index >= 15 is 0 Å². The predicted molar refractivity (Wildman–Crippen MR) is 94.3 cm³/mol. The van der Waals surface area contributed by atoms with Gasteiger partial charge in [-0.05, 0) is 69.1 Å². The third-order valence-corrected chi connectivity index (χ3v) is 8.45. The van der Waals surface area contributed by atoms with Crippen LogP contribution in [0.15, 0.2) is 23.3 Å². The smallest absolute Gasteiger partial charge is 0.0961 e. The molecule has 0 aliphatic heterocycles. The van der Waals surface area contributed by atoms with Crippen molar-refractivity contribution in [3.05, 3.63) is 23.3 Å². The largest absolute Gasteiger partial charge is 0.393 e. The van der Waals surface area contributed by atoms with E-state index in [1.54, 1.807) is 6.92 Å². The summed E-state index contributed by atoms with van der Waals surface area (Å²) in [6.45, 7) is 6.33. The Labute approximate surface area is 145 Å². The molecular formula is C21H32O3. The quantitative estimate of drug-likeness (QED) is 0.690. The summed E-state index contributed by atoms with van der Waals surface area (Å²) in [6, 6.07) is 0. The Hall–Kier alpha value is -0.640. The molecular weight excluding hydrogens is 300 g/mol. The van der Waals surface area contributed by atoms with E-state index in [1.165, 1.54) is 11.1 Å². The molecule has 0 aromatic carbocycles. The number of aliphatic hydroxyl groups excluding tert-OH is 2. The van der Waals surface area contributed by atoms with Crippen molar-refractivity contribution in [3.8, 4) is 0 Å². The maximum atomic E-state index is 11.2. The number of hydrogen-bond donors (Lipinski definition) is 3. The maximum absolute atomic E-state index is 11.2. The Morgan fingerprint density at radius 3 is 2.46 bits per heavy atom. The van der Waals surface area contributed by atoms with Crippen LogP contribution in [0.3, 0.4) is 0 Å². The van der Waals surface area contributed by atoms with Crippen molar-refractivity contribution in [3.63, 3.8) is 0 Å². The van der Waals surface area contributed by atoms with Crippen molar-refractivity contribution in [2.24, 2.45) is 22.7 Å². The third kappa shape index (κ3) is 1.95. The van der Waals surface area contributed by atoms with Crippen LogP contribution in [0.5, 0.6) is 0 Å². The van der Waals surface area contributed by atoms with Gasteiger partial charge in [0, 0.05) is 5.41 Å². The molecule has 24 heavy (non-hydrogen) atoms. The van der Waals surface area contributed by atoms with Crippen LogP contribution in [-0.2, 0) is 0 Å². The highest BCUT2D eigenvalue weighted by atomic mass is 16.3. The summed E-state index contributed by atoms with van der Waals surface area (Å²) in [6.07, 6.45) is 10.2. The number of aliphatic hydroxyl groups is 3. The van der Waals surface area contributed by atoms with Gasteiger partial charge >= 0.3 is 0 Å². The van der Waals surface area contributed by atoms with Crippen molar-refractivity contribution in [1.29, 1.82) is 0 Å². The van der Waals surface area contributed by atoms with Crippen LogP contribution >= 0.6 is 0 Å². The number of hydrogen-bond acceptors (Lipinski definition) is 3. The molecule has 0 aromatic heterocycles. The van der Waals surface area contributed by atoms with Crippen molar-refractivity contribution < 1.29 is 15.3 Å². The summed E-state index contributed by atoms with van der Waals surface area (Å²) in [5.74, 6) is 0.914. The Kier molecular flexibility index (Phi) is 3.63. The van der Waals surface area contributed by atoms with Crippen LogP contribution in [0.4, 0.5) is 0 Å². The lowest BCUT2D eigenvalue weighted by Crippen LogP contribution is -2.56. The van der Waals surface area contributed by atoms with Crippen LogP contribution < -0.4 is 0 Å². The van der Waals surface area contributed by atoms with Crippen LogP contribution in [0.2, 0.25) is 0 Å². The summed E-state index contributed by atoms with van der Waals surface area (Å²) in [4.78, 5) is 0. The standard InChI is InChI=1S/C21H32O3/c1-13(22)21(24)11-8-18-16-5-4-14-12-15(23)6-9-19(14,2)17(16)7-10-20(18,21)3/h4-5,13,15,17-18,22-24H,6-12H2,1-3H3/t13-,15+,17+,18+,19+,20+,21+/m1/s1. The van der Waals surface area contributed by atoms with Gasteiger partial charge in [0.25, 0.3) is 0 Å². The molecule has 0 saturated heterocycles. The second-order valence-electron chi connectivity index (χ2n) is 9.37. The minimum absolute atomic E-state index is 0.177.